The Labute approximate surface area is 110 Å². The van der Waals surface area contributed by atoms with E-state index in [0.29, 0.717) is 6.54 Å². The molecular formula is C12H15ClN2OS. The first-order valence-corrected chi connectivity index (χ1v) is 6.56. The van der Waals surface area contributed by atoms with Crippen LogP contribution in [0, 0.1) is 0 Å². The summed E-state index contributed by atoms with van der Waals surface area (Å²) >= 11 is 7.52. The van der Waals surface area contributed by atoms with E-state index in [9.17, 15) is 0 Å². The third kappa shape index (κ3) is 3.10. The van der Waals surface area contributed by atoms with Gasteiger partial charge in [-0.3, -0.25) is 4.90 Å². The van der Waals surface area contributed by atoms with E-state index >= 15 is 0 Å². The van der Waals surface area contributed by atoms with Gasteiger partial charge in [-0.05, 0) is 25.2 Å². The fourth-order valence-corrected chi connectivity index (χ4v) is 2.98. The molecule has 92 valence electrons. The number of hydrogen-bond donors (Lipinski definition) is 1. The van der Waals surface area contributed by atoms with Crippen molar-refractivity contribution < 1.29 is 4.42 Å². The van der Waals surface area contributed by atoms with Gasteiger partial charge < -0.3 is 10.2 Å². The lowest BCUT2D eigenvalue weighted by molar-refractivity contribution is 0.243. The first kappa shape index (κ1) is 12.6. The number of nitrogens with two attached hydrogens (primary N) is 1. The van der Waals surface area contributed by atoms with Gasteiger partial charge in [0.1, 0.15) is 0 Å². The Morgan fingerprint density at radius 1 is 1.47 bits per heavy atom. The van der Waals surface area contributed by atoms with Crippen LogP contribution >= 0.6 is 22.9 Å². The van der Waals surface area contributed by atoms with Crippen molar-refractivity contribution in [3.63, 3.8) is 0 Å². The molecule has 0 aliphatic heterocycles. The Morgan fingerprint density at radius 2 is 2.29 bits per heavy atom. The fourth-order valence-electron chi connectivity index (χ4n) is 1.83. The predicted octanol–water partition coefficient (Wildman–Crippen LogP) is 3.13. The van der Waals surface area contributed by atoms with Crippen molar-refractivity contribution in [3.8, 4) is 0 Å². The molecule has 0 fully saturated rings. The van der Waals surface area contributed by atoms with Crippen LogP contribution in [0.1, 0.15) is 16.5 Å². The second-order valence-electron chi connectivity index (χ2n) is 3.93. The lowest BCUT2D eigenvalue weighted by Gasteiger charge is -2.25. The van der Waals surface area contributed by atoms with E-state index in [1.54, 1.807) is 23.9 Å². The molecule has 0 spiro atoms. The molecule has 5 heteroatoms. The molecule has 2 heterocycles. The van der Waals surface area contributed by atoms with Crippen molar-refractivity contribution in [2.24, 2.45) is 5.73 Å². The van der Waals surface area contributed by atoms with Gasteiger partial charge in [0, 0.05) is 23.5 Å². The zero-order valence-electron chi connectivity index (χ0n) is 9.60. The van der Waals surface area contributed by atoms with Crippen molar-refractivity contribution >= 4 is 22.9 Å². The summed E-state index contributed by atoms with van der Waals surface area (Å²) in [6.07, 6.45) is 3.42. The normalized spacial score (nSPS) is 13.2. The summed E-state index contributed by atoms with van der Waals surface area (Å²) in [6, 6.07) is 6.10. The van der Waals surface area contributed by atoms with Gasteiger partial charge in [0.2, 0.25) is 0 Å². The summed E-state index contributed by atoms with van der Waals surface area (Å²) in [5.41, 5.74) is 6.93. The van der Waals surface area contributed by atoms with Crippen LogP contribution in [0.15, 0.2) is 35.1 Å². The first-order chi connectivity index (χ1) is 8.20. The van der Waals surface area contributed by atoms with E-state index in [2.05, 4.69) is 11.9 Å². The van der Waals surface area contributed by atoms with Gasteiger partial charge in [0.05, 0.1) is 22.9 Å². The van der Waals surface area contributed by atoms with Crippen LogP contribution in [0.2, 0.25) is 4.34 Å². The van der Waals surface area contributed by atoms with Crippen molar-refractivity contribution in [3.05, 3.63) is 45.5 Å². The minimum Gasteiger partial charge on any atom is -0.472 e. The van der Waals surface area contributed by atoms with Crippen molar-refractivity contribution in [1.82, 2.24) is 4.90 Å². The van der Waals surface area contributed by atoms with Crippen LogP contribution in [0.5, 0.6) is 0 Å². The molecule has 1 atom stereocenters. The smallest absolute Gasteiger partial charge is 0.0950 e. The molecule has 0 saturated heterocycles. The van der Waals surface area contributed by atoms with Crippen LogP contribution in [0.3, 0.4) is 0 Å². The van der Waals surface area contributed by atoms with Gasteiger partial charge in [0.15, 0.2) is 0 Å². The highest BCUT2D eigenvalue weighted by atomic mass is 35.5. The minimum absolute atomic E-state index is 0.176. The summed E-state index contributed by atoms with van der Waals surface area (Å²) in [7, 11) is 2.05. The highest BCUT2D eigenvalue weighted by Gasteiger charge is 2.17. The van der Waals surface area contributed by atoms with Crippen molar-refractivity contribution in [2.75, 3.05) is 13.6 Å². The monoisotopic (exact) mass is 270 g/mol. The molecule has 17 heavy (non-hydrogen) atoms. The topological polar surface area (TPSA) is 42.4 Å². The van der Waals surface area contributed by atoms with Gasteiger partial charge in [-0.15, -0.1) is 11.3 Å². The molecular weight excluding hydrogens is 256 g/mol. The number of furan rings is 1. The van der Waals surface area contributed by atoms with Crippen LogP contribution in [-0.4, -0.2) is 18.5 Å². The van der Waals surface area contributed by atoms with E-state index in [4.69, 9.17) is 21.8 Å². The average Bonchev–Trinajstić information content (AvgIpc) is 2.92. The van der Waals surface area contributed by atoms with Gasteiger partial charge in [-0.2, -0.15) is 0 Å². The van der Waals surface area contributed by atoms with Gasteiger partial charge >= 0.3 is 0 Å². The first-order valence-electron chi connectivity index (χ1n) is 5.37. The van der Waals surface area contributed by atoms with Crippen LogP contribution in [0.4, 0.5) is 0 Å². The minimum atomic E-state index is 0.176. The Morgan fingerprint density at radius 3 is 2.82 bits per heavy atom. The standard InChI is InChI=1S/C12H15ClN2OS/c1-15(7-10-2-3-12(13)17-10)11(6-14)9-4-5-16-8-9/h2-5,8,11H,6-7,14H2,1H3. The lowest BCUT2D eigenvalue weighted by Crippen LogP contribution is -2.29. The fraction of sp³-hybridized carbons (Fsp3) is 0.333. The summed E-state index contributed by atoms with van der Waals surface area (Å²) in [4.78, 5) is 3.44. The molecule has 2 N–H and O–H groups in total. The Hall–Kier alpha value is -0.810. The average molecular weight is 271 g/mol. The molecule has 1 unspecified atom stereocenters. The molecule has 0 amide bonds. The maximum absolute atomic E-state index is 5.92. The SMILES string of the molecule is CN(Cc1ccc(Cl)s1)C(CN)c1ccoc1. The predicted molar refractivity (Wildman–Crippen MR) is 71.3 cm³/mol. The van der Waals surface area contributed by atoms with Crippen molar-refractivity contribution in [1.29, 1.82) is 0 Å². The van der Waals surface area contributed by atoms with E-state index < -0.39 is 0 Å². The molecule has 3 nitrogen and oxygen atoms in total. The maximum Gasteiger partial charge on any atom is 0.0950 e. The van der Waals surface area contributed by atoms with Crippen LogP contribution in [-0.2, 0) is 6.54 Å². The van der Waals surface area contributed by atoms with Crippen molar-refractivity contribution in [2.45, 2.75) is 12.6 Å². The Bertz CT molecular complexity index is 455. The molecule has 2 aromatic rings. The Balaban J connectivity index is 2.05. The third-order valence-corrected chi connectivity index (χ3v) is 3.93. The third-order valence-electron chi connectivity index (χ3n) is 2.72. The highest BCUT2D eigenvalue weighted by molar-refractivity contribution is 7.16. The molecule has 2 aromatic heterocycles. The Kier molecular flexibility index (Phi) is 4.23. The number of hydrogen-bond acceptors (Lipinski definition) is 4. The molecule has 0 aromatic carbocycles. The number of rotatable bonds is 5. The lowest BCUT2D eigenvalue weighted by atomic mass is 10.1. The molecule has 0 radical (unpaired) electrons. The second kappa shape index (κ2) is 5.69. The summed E-state index contributed by atoms with van der Waals surface area (Å²) in [6.45, 7) is 1.40. The largest absolute Gasteiger partial charge is 0.472 e. The maximum atomic E-state index is 5.92. The van der Waals surface area contributed by atoms with Gasteiger partial charge in [-0.1, -0.05) is 11.6 Å². The van der Waals surface area contributed by atoms with E-state index in [-0.39, 0.29) is 6.04 Å². The van der Waals surface area contributed by atoms with E-state index in [1.165, 1.54) is 4.88 Å². The zero-order chi connectivity index (χ0) is 12.3. The number of halogens is 1. The summed E-state index contributed by atoms with van der Waals surface area (Å²) in [5, 5.41) is 0. The number of nitrogens with zero attached hydrogens (tertiary/aromatic N) is 1. The highest BCUT2D eigenvalue weighted by Crippen LogP contribution is 2.26. The quantitative estimate of drug-likeness (QED) is 0.908. The van der Waals surface area contributed by atoms with E-state index in [1.807, 2.05) is 18.2 Å². The van der Waals surface area contributed by atoms with Crippen LogP contribution < -0.4 is 5.73 Å². The molecule has 0 aliphatic rings. The van der Waals surface area contributed by atoms with Gasteiger partial charge in [0.25, 0.3) is 0 Å². The van der Waals surface area contributed by atoms with E-state index in [0.717, 1.165) is 16.4 Å². The summed E-state index contributed by atoms with van der Waals surface area (Å²) < 4.78 is 5.92. The van der Waals surface area contributed by atoms with Crippen LogP contribution in [0.25, 0.3) is 0 Å². The molecule has 2 rings (SSSR count). The zero-order valence-corrected chi connectivity index (χ0v) is 11.2. The number of likely N-dealkylation sites (N-methyl/N-ethyl adjacent to an activating group) is 1. The second-order valence-corrected chi connectivity index (χ2v) is 5.73. The number of thiophene rings is 1. The van der Waals surface area contributed by atoms with Gasteiger partial charge in [-0.25, -0.2) is 0 Å². The molecule has 0 aliphatic carbocycles. The molecule has 0 bridgehead atoms. The summed E-state index contributed by atoms with van der Waals surface area (Å²) in [5.74, 6) is 0. The molecule has 0 saturated carbocycles.